The van der Waals surface area contributed by atoms with Gasteiger partial charge in [0.05, 0.1) is 18.1 Å². The molecule has 1 saturated heterocycles. The Morgan fingerprint density at radius 1 is 1.29 bits per heavy atom. The molecule has 1 aliphatic rings. The van der Waals surface area contributed by atoms with Gasteiger partial charge in [0.15, 0.2) is 29.3 Å². The standard InChI is InChI=1S/C17H27N7O6S/c1-5-19-16(27)13-11(25)12(26)17(30-13)24-7-20-10-14(18-4)22-9(23-15(10)24)6-21-31(28,29)8(2)3/h7-8,11-13,17,21,25-26H,5-6H2,1-4H3,(H,19,27)(H,18,22,23)/t11-,12+,13-,17+/m0/s1. The average Bonchev–Trinajstić information content (AvgIpc) is 3.27. The summed E-state index contributed by atoms with van der Waals surface area (Å²) in [5.41, 5.74) is 0.593. The van der Waals surface area contributed by atoms with Crippen molar-refractivity contribution >= 4 is 32.9 Å². The van der Waals surface area contributed by atoms with Crippen molar-refractivity contribution < 1.29 is 28.2 Å². The second-order valence-corrected chi connectivity index (χ2v) is 9.62. The van der Waals surface area contributed by atoms with E-state index in [1.165, 1.54) is 10.9 Å². The van der Waals surface area contributed by atoms with Gasteiger partial charge in [-0.3, -0.25) is 9.36 Å². The number of carbonyl (C=O) groups excluding carboxylic acids is 1. The van der Waals surface area contributed by atoms with Crippen molar-refractivity contribution in [3.8, 4) is 0 Å². The Bertz CT molecular complexity index is 1060. The van der Waals surface area contributed by atoms with Gasteiger partial charge in [-0.1, -0.05) is 0 Å². The maximum atomic E-state index is 12.1. The van der Waals surface area contributed by atoms with Crippen molar-refractivity contribution in [1.82, 2.24) is 29.6 Å². The number of imidazole rings is 1. The number of fused-ring (bicyclic) bond motifs is 1. The first-order valence-corrected chi connectivity index (χ1v) is 11.3. The normalized spacial score (nSPS) is 24.1. The summed E-state index contributed by atoms with van der Waals surface area (Å²) in [5, 5.41) is 25.6. The third-order valence-electron chi connectivity index (χ3n) is 4.88. The summed E-state index contributed by atoms with van der Waals surface area (Å²) in [7, 11) is -1.91. The molecule has 0 spiro atoms. The van der Waals surface area contributed by atoms with E-state index in [1.807, 2.05) is 0 Å². The number of aromatic nitrogens is 4. The van der Waals surface area contributed by atoms with Gasteiger partial charge in [0.2, 0.25) is 10.0 Å². The van der Waals surface area contributed by atoms with Crippen molar-refractivity contribution in [1.29, 1.82) is 0 Å². The number of nitrogens with one attached hydrogen (secondary N) is 3. The number of amides is 1. The zero-order valence-corrected chi connectivity index (χ0v) is 18.4. The van der Waals surface area contributed by atoms with Crippen LogP contribution in [0, 0.1) is 0 Å². The van der Waals surface area contributed by atoms with Crippen molar-refractivity contribution in [2.75, 3.05) is 18.9 Å². The molecular formula is C17H27N7O6S. The molecular weight excluding hydrogens is 430 g/mol. The third kappa shape index (κ3) is 4.48. The highest BCUT2D eigenvalue weighted by atomic mass is 32.2. The van der Waals surface area contributed by atoms with Gasteiger partial charge in [0, 0.05) is 13.6 Å². The van der Waals surface area contributed by atoms with E-state index < -0.39 is 45.7 Å². The van der Waals surface area contributed by atoms with Crippen LogP contribution in [0.15, 0.2) is 6.33 Å². The maximum absolute atomic E-state index is 12.1. The number of ether oxygens (including phenoxy) is 1. The zero-order valence-electron chi connectivity index (χ0n) is 17.6. The van der Waals surface area contributed by atoms with E-state index in [1.54, 1.807) is 27.8 Å². The van der Waals surface area contributed by atoms with Gasteiger partial charge in [-0.15, -0.1) is 0 Å². The van der Waals surface area contributed by atoms with Crippen molar-refractivity contribution in [2.24, 2.45) is 0 Å². The quantitative estimate of drug-likeness (QED) is 0.311. The number of anilines is 1. The summed E-state index contributed by atoms with van der Waals surface area (Å²) >= 11 is 0. The molecule has 0 bridgehead atoms. The summed E-state index contributed by atoms with van der Waals surface area (Å²) < 4.78 is 33.6. The fraction of sp³-hybridized carbons (Fsp3) is 0.647. The lowest BCUT2D eigenvalue weighted by atomic mass is 10.1. The Morgan fingerprint density at radius 3 is 2.61 bits per heavy atom. The third-order valence-corrected chi connectivity index (χ3v) is 6.67. The average molecular weight is 458 g/mol. The van der Waals surface area contributed by atoms with Crippen molar-refractivity contribution in [2.45, 2.75) is 57.1 Å². The minimum Gasteiger partial charge on any atom is -0.387 e. The molecule has 2 aromatic heterocycles. The molecule has 13 nitrogen and oxygen atoms in total. The van der Waals surface area contributed by atoms with Crippen LogP contribution in [-0.2, 0) is 26.1 Å². The Hall–Kier alpha value is -2.39. The van der Waals surface area contributed by atoms with Crippen LogP contribution in [0.3, 0.4) is 0 Å². The molecule has 31 heavy (non-hydrogen) atoms. The molecule has 14 heteroatoms. The van der Waals surface area contributed by atoms with E-state index in [-0.39, 0.29) is 18.0 Å². The number of hydrogen-bond acceptors (Lipinski definition) is 10. The largest absolute Gasteiger partial charge is 0.387 e. The zero-order chi connectivity index (χ0) is 22.9. The molecule has 172 valence electrons. The summed E-state index contributed by atoms with van der Waals surface area (Å²) in [6.45, 7) is 5.01. The molecule has 0 aromatic carbocycles. The van der Waals surface area contributed by atoms with E-state index in [0.717, 1.165) is 0 Å². The van der Waals surface area contributed by atoms with Crippen LogP contribution >= 0.6 is 0 Å². The lowest BCUT2D eigenvalue weighted by Crippen LogP contribution is -2.42. The number of likely N-dealkylation sites (N-methyl/N-ethyl adjacent to an activating group) is 1. The summed E-state index contributed by atoms with van der Waals surface area (Å²) in [6, 6.07) is 0. The van der Waals surface area contributed by atoms with Crippen molar-refractivity contribution in [3.05, 3.63) is 12.2 Å². The number of hydrogen-bond donors (Lipinski definition) is 5. The molecule has 0 aliphatic carbocycles. The molecule has 3 rings (SSSR count). The first kappa shape index (κ1) is 23.3. The molecule has 1 fully saturated rings. The Labute approximate surface area is 179 Å². The second kappa shape index (κ2) is 9.00. The SMILES string of the molecule is CCNC(=O)[C@H]1O[C@@H](n2cnc3c(NC)nc(CNS(=O)(=O)C(C)C)nc32)[C@H](O)[C@@H]1O. The Balaban J connectivity index is 1.96. The van der Waals surface area contributed by atoms with Crippen LogP contribution in [0.25, 0.3) is 11.2 Å². The number of aliphatic hydroxyl groups excluding tert-OH is 2. The predicted octanol–water partition coefficient (Wildman–Crippen LogP) is -1.55. The van der Waals surface area contributed by atoms with Gasteiger partial charge in [-0.05, 0) is 20.8 Å². The van der Waals surface area contributed by atoms with E-state index >= 15 is 0 Å². The fourth-order valence-corrected chi connectivity index (χ4v) is 3.78. The molecule has 1 aliphatic heterocycles. The minimum absolute atomic E-state index is 0.158. The monoisotopic (exact) mass is 457 g/mol. The number of sulfonamides is 1. The summed E-state index contributed by atoms with van der Waals surface area (Å²) in [5.74, 6) is -0.0396. The van der Waals surface area contributed by atoms with Crippen LogP contribution < -0.4 is 15.4 Å². The molecule has 0 unspecified atom stereocenters. The van der Waals surface area contributed by atoms with E-state index in [9.17, 15) is 23.4 Å². The van der Waals surface area contributed by atoms with Crippen LogP contribution in [0.5, 0.6) is 0 Å². The molecule has 0 radical (unpaired) electrons. The highest BCUT2D eigenvalue weighted by Crippen LogP contribution is 2.32. The maximum Gasteiger partial charge on any atom is 0.252 e. The van der Waals surface area contributed by atoms with Gasteiger partial charge in [-0.2, -0.15) is 0 Å². The summed E-state index contributed by atoms with van der Waals surface area (Å²) in [6.07, 6.45) is -3.91. The van der Waals surface area contributed by atoms with Gasteiger partial charge in [-0.25, -0.2) is 28.1 Å². The predicted molar refractivity (Wildman–Crippen MR) is 110 cm³/mol. The highest BCUT2D eigenvalue weighted by molar-refractivity contribution is 7.90. The smallest absolute Gasteiger partial charge is 0.252 e. The number of rotatable bonds is 8. The summed E-state index contributed by atoms with van der Waals surface area (Å²) in [4.78, 5) is 25.0. The topological polar surface area (TPSA) is 181 Å². The van der Waals surface area contributed by atoms with Gasteiger partial charge >= 0.3 is 0 Å². The number of nitrogens with zero attached hydrogens (tertiary/aromatic N) is 4. The Morgan fingerprint density at radius 2 is 2.00 bits per heavy atom. The highest BCUT2D eigenvalue weighted by Gasteiger charge is 2.47. The van der Waals surface area contributed by atoms with Gasteiger partial charge < -0.3 is 25.6 Å². The lowest BCUT2D eigenvalue weighted by molar-refractivity contribution is -0.137. The number of carbonyl (C=O) groups is 1. The van der Waals surface area contributed by atoms with Crippen LogP contribution in [0.4, 0.5) is 5.82 Å². The molecule has 4 atom stereocenters. The first-order valence-electron chi connectivity index (χ1n) is 9.79. The minimum atomic E-state index is -3.54. The molecule has 2 aromatic rings. The second-order valence-electron chi connectivity index (χ2n) is 7.30. The van der Waals surface area contributed by atoms with Crippen LogP contribution in [-0.4, -0.2) is 81.2 Å². The first-order chi connectivity index (χ1) is 14.6. The molecule has 1 amide bonds. The lowest BCUT2D eigenvalue weighted by Gasteiger charge is -2.17. The van der Waals surface area contributed by atoms with E-state index in [2.05, 4.69) is 30.3 Å². The van der Waals surface area contributed by atoms with E-state index in [4.69, 9.17) is 4.74 Å². The van der Waals surface area contributed by atoms with E-state index in [0.29, 0.717) is 17.9 Å². The molecule has 3 heterocycles. The molecule has 0 saturated carbocycles. The van der Waals surface area contributed by atoms with Gasteiger partial charge in [0.1, 0.15) is 18.0 Å². The van der Waals surface area contributed by atoms with Crippen LogP contribution in [0.2, 0.25) is 0 Å². The van der Waals surface area contributed by atoms with Gasteiger partial charge in [0.25, 0.3) is 5.91 Å². The fourth-order valence-electron chi connectivity index (χ4n) is 3.11. The Kier molecular flexibility index (Phi) is 6.76. The number of aliphatic hydroxyl groups is 2. The van der Waals surface area contributed by atoms with Crippen LogP contribution in [0.1, 0.15) is 32.8 Å². The van der Waals surface area contributed by atoms with Crippen molar-refractivity contribution in [3.63, 3.8) is 0 Å². The molecule has 5 N–H and O–H groups in total.